The molecule has 0 atom stereocenters. The average molecular weight is 143 g/mol. The van der Waals surface area contributed by atoms with Crippen molar-refractivity contribution in [2.75, 3.05) is 0 Å². The van der Waals surface area contributed by atoms with Crippen LogP contribution in [0.25, 0.3) is 0 Å². The van der Waals surface area contributed by atoms with Gasteiger partial charge in [-0.2, -0.15) is 0 Å². The van der Waals surface area contributed by atoms with Gasteiger partial charge in [0.25, 0.3) is 0 Å². The summed E-state index contributed by atoms with van der Waals surface area (Å²) in [6, 6.07) is 0. The molecule has 0 aromatic heterocycles. The van der Waals surface area contributed by atoms with Gasteiger partial charge in [0.15, 0.2) is 0 Å². The van der Waals surface area contributed by atoms with Gasteiger partial charge in [0.2, 0.25) is 0 Å². The molecule has 1 fully saturated rings. The van der Waals surface area contributed by atoms with Crippen molar-refractivity contribution in [3.05, 3.63) is 6.42 Å². The summed E-state index contributed by atoms with van der Waals surface area (Å²) in [5.74, 6) is 0. The molecule has 0 nitrogen and oxygen atoms in total. The van der Waals surface area contributed by atoms with Gasteiger partial charge in [-0.05, 0) is 0 Å². The second kappa shape index (κ2) is 15.7. The standard InChI is InChI=1S/C3H5.2ClH.Li.Mg/c1-2-3-1;;;;/h1H,2-3H2;2*1H;;/q-1;;;+1;+2/p-2. The monoisotopic (exact) mass is 142 g/mol. The minimum absolute atomic E-state index is 0. The Hall–Kier alpha value is 1.94. The predicted molar refractivity (Wildman–Crippen MR) is 19.3 cm³/mol. The molecule has 0 aromatic rings. The maximum Gasteiger partial charge on any atom is 2.00 e. The maximum absolute atomic E-state index is 2.25. The van der Waals surface area contributed by atoms with Crippen molar-refractivity contribution in [1.82, 2.24) is 0 Å². The Balaban J connectivity index is -0.0000000112. The molecule has 1 rings (SSSR count). The summed E-state index contributed by atoms with van der Waals surface area (Å²) in [4.78, 5) is 0. The van der Waals surface area contributed by atoms with Crippen LogP contribution >= 0.6 is 0 Å². The zero-order valence-electron chi connectivity index (χ0n) is 4.45. The van der Waals surface area contributed by atoms with E-state index >= 15 is 0 Å². The van der Waals surface area contributed by atoms with Crippen molar-refractivity contribution < 1.29 is 43.7 Å². The van der Waals surface area contributed by atoms with E-state index in [0.717, 1.165) is 0 Å². The number of hydrogen-bond acceptors (Lipinski definition) is 0. The fraction of sp³-hybridized carbons (Fsp3) is 0.667. The van der Waals surface area contributed by atoms with Crippen LogP contribution in [0.5, 0.6) is 0 Å². The molecule has 1 aliphatic rings. The quantitative estimate of drug-likeness (QED) is 0.233. The molecule has 0 unspecified atom stereocenters. The van der Waals surface area contributed by atoms with Crippen LogP contribution in [0.15, 0.2) is 0 Å². The van der Waals surface area contributed by atoms with Gasteiger partial charge >= 0.3 is 41.9 Å². The Labute approximate surface area is 85.3 Å². The molecule has 0 bridgehead atoms. The minimum Gasteiger partial charge on any atom is -1.00 e. The predicted octanol–water partition coefficient (Wildman–Crippen LogP) is -8.38. The van der Waals surface area contributed by atoms with Gasteiger partial charge in [-0.15, -0.1) is 0 Å². The average Bonchev–Trinajstić information content (AvgIpc) is 1.46. The number of halogens is 2. The Bertz CT molecular complexity index is 17.7. The topological polar surface area (TPSA) is 0 Å². The Morgan fingerprint density at radius 2 is 1.14 bits per heavy atom. The second-order valence-electron chi connectivity index (χ2n) is 0.866. The third kappa shape index (κ3) is 32.4. The van der Waals surface area contributed by atoms with E-state index in [-0.39, 0.29) is 66.7 Å². The van der Waals surface area contributed by atoms with Gasteiger partial charge in [0.05, 0.1) is 0 Å². The van der Waals surface area contributed by atoms with E-state index in [0.29, 0.717) is 0 Å². The van der Waals surface area contributed by atoms with Crippen molar-refractivity contribution in [3.8, 4) is 0 Å². The van der Waals surface area contributed by atoms with Gasteiger partial charge < -0.3 is 31.2 Å². The van der Waals surface area contributed by atoms with Crippen LogP contribution in [0.4, 0.5) is 0 Å². The maximum atomic E-state index is 2.25. The van der Waals surface area contributed by atoms with Crippen molar-refractivity contribution >= 4 is 23.1 Å². The normalized spacial score (nSPS) is 10.3. The number of rotatable bonds is 0. The zero-order chi connectivity index (χ0) is 2.12. The van der Waals surface area contributed by atoms with Crippen LogP contribution in [0.3, 0.4) is 0 Å². The fourth-order valence-electron chi connectivity index (χ4n) is 0. The summed E-state index contributed by atoms with van der Waals surface area (Å²) in [6.45, 7) is 0. The van der Waals surface area contributed by atoms with E-state index in [4.69, 9.17) is 0 Å². The first kappa shape index (κ1) is 23.1. The first-order valence-electron chi connectivity index (χ1n) is 1.32. The Kier molecular flexibility index (Phi) is 51.7. The molecule has 0 aromatic carbocycles. The van der Waals surface area contributed by atoms with Crippen molar-refractivity contribution in [1.29, 1.82) is 0 Å². The number of hydrogen-bond donors (Lipinski definition) is 0. The van der Waals surface area contributed by atoms with Crippen LogP contribution in [0.1, 0.15) is 12.8 Å². The molecule has 0 amide bonds. The van der Waals surface area contributed by atoms with Crippen molar-refractivity contribution in [2.24, 2.45) is 0 Å². The molecule has 0 aliphatic heterocycles. The van der Waals surface area contributed by atoms with Gasteiger partial charge in [0.1, 0.15) is 0 Å². The smallest absolute Gasteiger partial charge is 1.00 e. The molecule has 7 heavy (non-hydrogen) atoms. The largest absolute Gasteiger partial charge is 2.00 e. The molecule has 4 heteroatoms. The molecule has 0 radical (unpaired) electrons. The Morgan fingerprint density at radius 1 is 1.00 bits per heavy atom. The molecule has 0 spiro atoms. The van der Waals surface area contributed by atoms with Crippen molar-refractivity contribution in [2.45, 2.75) is 12.8 Å². The van der Waals surface area contributed by atoms with Crippen LogP contribution in [-0.2, 0) is 0 Å². The second-order valence-corrected chi connectivity index (χ2v) is 0.866. The van der Waals surface area contributed by atoms with Gasteiger partial charge in [0, 0.05) is 0 Å². The molecule has 0 heterocycles. The van der Waals surface area contributed by atoms with E-state index < -0.39 is 0 Å². The van der Waals surface area contributed by atoms with Crippen LogP contribution in [-0.4, -0.2) is 23.1 Å². The molecule has 1 aliphatic carbocycles. The minimum atomic E-state index is 0. The zero-order valence-corrected chi connectivity index (χ0v) is 7.38. The summed E-state index contributed by atoms with van der Waals surface area (Å²) in [5.41, 5.74) is 0. The summed E-state index contributed by atoms with van der Waals surface area (Å²) >= 11 is 0. The summed E-state index contributed by atoms with van der Waals surface area (Å²) in [7, 11) is 0. The van der Waals surface area contributed by atoms with E-state index in [1.54, 1.807) is 0 Å². The summed E-state index contributed by atoms with van der Waals surface area (Å²) < 4.78 is 0. The first-order valence-corrected chi connectivity index (χ1v) is 1.32. The summed E-state index contributed by atoms with van der Waals surface area (Å²) in [6.07, 6.45) is 5.00. The van der Waals surface area contributed by atoms with E-state index in [1.807, 2.05) is 0 Å². The third-order valence-corrected chi connectivity index (χ3v) is 0.289. The van der Waals surface area contributed by atoms with E-state index in [2.05, 4.69) is 6.42 Å². The van der Waals surface area contributed by atoms with Crippen molar-refractivity contribution in [3.63, 3.8) is 0 Å². The first-order chi connectivity index (χ1) is 1.50. The van der Waals surface area contributed by atoms with Gasteiger partial charge in [-0.3, -0.25) is 0 Å². The molecule has 0 N–H and O–H groups in total. The van der Waals surface area contributed by atoms with Gasteiger partial charge in [-0.1, -0.05) is 0 Å². The molecule has 0 saturated heterocycles. The molecule has 34 valence electrons. The SMILES string of the molecule is [CH-]1CC1.[Cl-].[Cl-].[Li+].[Mg+2]. The molecular weight excluding hydrogens is 138 g/mol. The fourth-order valence-corrected chi connectivity index (χ4v) is 0. The molecular formula is C3H5Cl2LiMg. The van der Waals surface area contributed by atoms with Gasteiger partial charge in [-0.25, -0.2) is 12.8 Å². The van der Waals surface area contributed by atoms with E-state index in [9.17, 15) is 0 Å². The van der Waals surface area contributed by atoms with Crippen LogP contribution < -0.4 is 43.7 Å². The van der Waals surface area contributed by atoms with Crippen LogP contribution in [0.2, 0.25) is 0 Å². The Morgan fingerprint density at radius 3 is 1.14 bits per heavy atom. The molecule has 1 saturated carbocycles. The summed E-state index contributed by atoms with van der Waals surface area (Å²) in [5, 5.41) is 0. The van der Waals surface area contributed by atoms with Crippen LogP contribution in [0, 0.1) is 6.42 Å². The third-order valence-electron chi connectivity index (χ3n) is 0.289. The van der Waals surface area contributed by atoms with E-state index in [1.165, 1.54) is 12.8 Å².